The molecule has 1 aliphatic carbocycles. The molecule has 0 radical (unpaired) electrons. The summed E-state index contributed by atoms with van der Waals surface area (Å²) in [7, 11) is -0.279. The normalized spacial score (nSPS) is 19.4. The zero-order valence-corrected chi connectivity index (χ0v) is 12.5. The summed E-state index contributed by atoms with van der Waals surface area (Å²) in [6.07, 6.45) is 2.46. The van der Waals surface area contributed by atoms with Crippen molar-refractivity contribution in [1.82, 2.24) is 14.0 Å². The number of nitrogens with zero attached hydrogens (tertiary/aromatic N) is 1. The molecule has 6 heteroatoms. The number of H-pyrrole nitrogens is 1. The Labute approximate surface area is 119 Å². The van der Waals surface area contributed by atoms with Crippen molar-refractivity contribution in [2.75, 3.05) is 14.1 Å². The SMILES string of the molecule is CN(C)S(=O)(=O)NC1CCc2c([nH]c3ccccc23)C1. The Morgan fingerprint density at radius 2 is 2.05 bits per heavy atom. The van der Waals surface area contributed by atoms with Crippen molar-refractivity contribution in [1.29, 1.82) is 0 Å². The van der Waals surface area contributed by atoms with Gasteiger partial charge in [0.05, 0.1) is 0 Å². The van der Waals surface area contributed by atoms with Crippen molar-refractivity contribution in [2.24, 2.45) is 0 Å². The van der Waals surface area contributed by atoms with Crippen LogP contribution in [-0.2, 0) is 23.1 Å². The molecule has 0 bridgehead atoms. The van der Waals surface area contributed by atoms with Crippen LogP contribution in [0.3, 0.4) is 0 Å². The monoisotopic (exact) mass is 293 g/mol. The summed E-state index contributed by atoms with van der Waals surface area (Å²) in [5, 5.41) is 1.26. The predicted octanol–water partition coefficient (Wildman–Crippen LogP) is 1.42. The van der Waals surface area contributed by atoms with Gasteiger partial charge in [-0.25, -0.2) is 0 Å². The molecule has 0 saturated carbocycles. The first-order chi connectivity index (χ1) is 9.47. The van der Waals surface area contributed by atoms with Crippen molar-refractivity contribution < 1.29 is 8.42 Å². The molecule has 0 aliphatic heterocycles. The van der Waals surface area contributed by atoms with E-state index in [2.05, 4.69) is 21.8 Å². The van der Waals surface area contributed by atoms with Crippen LogP contribution in [0.5, 0.6) is 0 Å². The van der Waals surface area contributed by atoms with Crippen LogP contribution in [0.15, 0.2) is 24.3 Å². The third-order valence-corrected chi connectivity index (χ3v) is 5.48. The number of aromatic nitrogens is 1. The van der Waals surface area contributed by atoms with Gasteiger partial charge in [-0.1, -0.05) is 18.2 Å². The minimum Gasteiger partial charge on any atom is -0.358 e. The standard InChI is InChI=1S/C14H19N3O2S/c1-17(2)20(18,19)16-10-7-8-12-11-5-3-4-6-13(11)15-14(12)9-10/h3-6,10,15-16H,7-9H2,1-2H3. The van der Waals surface area contributed by atoms with E-state index in [1.165, 1.54) is 15.3 Å². The van der Waals surface area contributed by atoms with Crippen molar-refractivity contribution >= 4 is 21.1 Å². The number of rotatable bonds is 3. The van der Waals surface area contributed by atoms with Crippen LogP contribution in [0, 0.1) is 0 Å². The van der Waals surface area contributed by atoms with E-state index >= 15 is 0 Å². The molecule has 1 aliphatic rings. The number of fused-ring (bicyclic) bond motifs is 3. The zero-order chi connectivity index (χ0) is 14.3. The van der Waals surface area contributed by atoms with Crippen LogP contribution < -0.4 is 4.72 Å². The molecule has 1 heterocycles. The molecule has 1 atom stereocenters. The van der Waals surface area contributed by atoms with Gasteiger partial charge in [0.2, 0.25) is 0 Å². The highest BCUT2D eigenvalue weighted by Gasteiger charge is 2.26. The lowest BCUT2D eigenvalue weighted by molar-refractivity contribution is 0.464. The first kappa shape index (κ1) is 13.6. The van der Waals surface area contributed by atoms with Crippen LogP contribution in [-0.4, -0.2) is 37.8 Å². The van der Waals surface area contributed by atoms with Crippen LogP contribution in [0.4, 0.5) is 0 Å². The molecule has 0 amide bonds. The quantitative estimate of drug-likeness (QED) is 0.899. The van der Waals surface area contributed by atoms with Gasteiger partial charge >= 0.3 is 0 Å². The first-order valence-corrected chi connectivity index (χ1v) is 8.19. The molecule has 20 heavy (non-hydrogen) atoms. The van der Waals surface area contributed by atoms with E-state index in [1.807, 2.05) is 12.1 Å². The van der Waals surface area contributed by atoms with Crippen molar-refractivity contribution in [2.45, 2.75) is 25.3 Å². The number of para-hydroxylation sites is 1. The molecule has 5 nitrogen and oxygen atoms in total. The highest BCUT2D eigenvalue weighted by atomic mass is 32.2. The maximum absolute atomic E-state index is 11.9. The van der Waals surface area contributed by atoms with E-state index in [4.69, 9.17) is 0 Å². The molecule has 0 spiro atoms. The zero-order valence-electron chi connectivity index (χ0n) is 11.7. The Bertz CT molecular complexity index is 734. The minimum absolute atomic E-state index is 0.0389. The van der Waals surface area contributed by atoms with Gasteiger partial charge in [-0.15, -0.1) is 0 Å². The minimum atomic E-state index is -3.36. The summed E-state index contributed by atoms with van der Waals surface area (Å²) in [5.41, 5.74) is 3.62. The summed E-state index contributed by atoms with van der Waals surface area (Å²) < 4.78 is 27.7. The third-order valence-electron chi connectivity index (χ3n) is 3.89. The average molecular weight is 293 g/mol. The second kappa shape index (κ2) is 4.87. The largest absolute Gasteiger partial charge is 0.358 e. The van der Waals surface area contributed by atoms with Gasteiger partial charge in [-0.2, -0.15) is 17.4 Å². The Morgan fingerprint density at radius 3 is 2.80 bits per heavy atom. The Balaban J connectivity index is 1.86. The van der Waals surface area contributed by atoms with E-state index < -0.39 is 10.2 Å². The van der Waals surface area contributed by atoms with Gasteiger partial charge in [0.1, 0.15) is 0 Å². The van der Waals surface area contributed by atoms with Gasteiger partial charge in [0, 0.05) is 43.2 Å². The maximum Gasteiger partial charge on any atom is 0.279 e. The maximum atomic E-state index is 11.9. The summed E-state index contributed by atoms with van der Waals surface area (Å²) >= 11 is 0. The van der Waals surface area contributed by atoms with E-state index in [0.29, 0.717) is 0 Å². The summed E-state index contributed by atoms with van der Waals surface area (Å²) in [6.45, 7) is 0. The molecular formula is C14H19N3O2S. The van der Waals surface area contributed by atoms with Gasteiger partial charge in [0.25, 0.3) is 10.2 Å². The van der Waals surface area contributed by atoms with E-state index in [0.717, 1.165) is 30.5 Å². The van der Waals surface area contributed by atoms with Crippen molar-refractivity contribution in [3.8, 4) is 0 Å². The van der Waals surface area contributed by atoms with Gasteiger partial charge < -0.3 is 4.98 Å². The number of nitrogens with one attached hydrogen (secondary N) is 2. The molecular weight excluding hydrogens is 274 g/mol. The van der Waals surface area contributed by atoms with Crippen LogP contribution in [0.1, 0.15) is 17.7 Å². The number of hydrogen-bond donors (Lipinski definition) is 2. The first-order valence-electron chi connectivity index (χ1n) is 6.75. The predicted molar refractivity (Wildman–Crippen MR) is 79.9 cm³/mol. The van der Waals surface area contributed by atoms with E-state index in [-0.39, 0.29) is 6.04 Å². The molecule has 0 saturated heterocycles. The lowest BCUT2D eigenvalue weighted by Gasteiger charge is -2.24. The number of benzene rings is 1. The molecule has 108 valence electrons. The smallest absolute Gasteiger partial charge is 0.279 e. The lowest BCUT2D eigenvalue weighted by Crippen LogP contribution is -2.44. The fourth-order valence-corrected chi connectivity index (χ4v) is 3.63. The topological polar surface area (TPSA) is 65.2 Å². The van der Waals surface area contributed by atoms with E-state index in [1.54, 1.807) is 14.1 Å². The molecule has 2 N–H and O–H groups in total. The fraction of sp³-hybridized carbons (Fsp3) is 0.429. The molecule has 3 rings (SSSR count). The van der Waals surface area contributed by atoms with E-state index in [9.17, 15) is 8.42 Å². The Kier molecular flexibility index (Phi) is 3.32. The van der Waals surface area contributed by atoms with Gasteiger partial charge in [-0.3, -0.25) is 0 Å². The average Bonchev–Trinajstić information content (AvgIpc) is 2.75. The van der Waals surface area contributed by atoms with Crippen LogP contribution in [0.25, 0.3) is 10.9 Å². The molecule has 2 aromatic rings. The van der Waals surface area contributed by atoms with Crippen molar-refractivity contribution in [3.05, 3.63) is 35.5 Å². The molecule has 0 fully saturated rings. The summed E-state index contributed by atoms with van der Waals surface area (Å²) in [6, 6.07) is 8.19. The lowest BCUT2D eigenvalue weighted by atomic mass is 9.92. The highest BCUT2D eigenvalue weighted by Crippen LogP contribution is 2.29. The van der Waals surface area contributed by atoms with Crippen molar-refractivity contribution in [3.63, 3.8) is 0 Å². The second-order valence-electron chi connectivity index (χ2n) is 5.47. The summed E-state index contributed by atoms with van der Waals surface area (Å²) in [5.74, 6) is 0. The third kappa shape index (κ3) is 2.34. The van der Waals surface area contributed by atoms with Crippen LogP contribution in [0.2, 0.25) is 0 Å². The Hall–Kier alpha value is -1.37. The molecule has 1 unspecified atom stereocenters. The molecule has 1 aromatic carbocycles. The highest BCUT2D eigenvalue weighted by molar-refractivity contribution is 7.87. The van der Waals surface area contributed by atoms with Gasteiger partial charge in [-0.05, 0) is 24.5 Å². The molecule has 1 aromatic heterocycles. The number of hydrogen-bond acceptors (Lipinski definition) is 2. The number of aromatic amines is 1. The fourth-order valence-electron chi connectivity index (χ4n) is 2.80. The second-order valence-corrected chi connectivity index (χ2v) is 7.39. The van der Waals surface area contributed by atoms with Crippen LogP contribution >= 0.6 is 0 Å². The number of aryl methyl sites for hydroxylation is 1. The Morgan fingerprint density at radius 1 is 1.30 bits per heavy atom. The van der Waals surface area contributed by atoms with Gasteiger partial charge in [0.15, 0.2) is 0 Å². The summed E-state index contributed by atoms with van der Waals surface area (Å²) in [4.78, 5) is 3.41.